The van der Waals surface area contributed by atoms with E-state index in [1.807, 2.05) is 30.5 Å². The quantitative estimate of drug-likeness (QED) is 0.782. The van der Waals surface area contributed by atoms with E-state index in [1.54, 1.807) is 6.20 Å². The summed E-state index contributed by atoms with van der Waals surface area (Å²) < 4.78 is 28.5. The van der Waals surface area contributed by atoms with Crippen LogP contribution in [0.4, 0.5) is 8.78 Å². The van der Waals surface area contributed by atoms with E-state index in [4.69, 9.17) is 4.74 Å². The van der Waals surface area contributed by atoms with Gasteiger partial charge in [-0.05, 0) is 17.0 Å². The van der Waals surface area contributed by atoms with Crippen LogP contribution in [0.1, 0.15) is 5.56 Å². The van der Waals surface area contributed by atoms with Crippen molar-refractivity contribution in [3.8, 4) is 0 Å². The summed E-state index contributed by atoms with van der Waals surface area (Å²) in [7, 11) is 0. The highest BCUT2D eigenvalue weighted by Crippen LogP contribution is 2.16. The van der Waals surface area contributed by atoms with E-state index >= 15 is 0 Å². The molecule has 0 amide bonds. The second-order valence-electron chi connectivity index (χ2n) is 4.16. The van der Waals surface area contributed by atoms with E-state index in [1.165, 1.54) is 0 Å². The van der Waals surface area contributed by atoms with Crippen molar-refractivity contribution in [3.63, 3.8) is 0 Å². The molecule has 0 atom stereocenters. The fourth-order valence-corrected chi connectivity index (χ4v) is 1.88. The second kappa shape index (κ2) is 7.11. The van der Waals surface area contributed by atoms with E-state index < -0.39 is 13.0 Å². The molecule has 1 aromatic carbocycles. The summed E-state index contributed by atoms with van der Waals surface area (Å²) in [4.78, 5) is 4.08. The standard InChI is InChI=1S/C14H16F2N2O/c15-14(16)10-19-7-6-18-9-12-3-1-2-11-8-17-5-4-13(11)12/h1-5,8,14,18H,6-7,9-10H2. The number of rotatable bonds is 7. The molecule has 0 aliphatic heterocycles. The van der Waals surface area contributed by atoms with Gasteiger partial charge in [-0.1, -0.05) is 18.2 Å². The van der Waals surface area contributed by atoms with Crippen molar-refractivity contribution in [2.45, 2.75) is 13.0 Å². The highest BCUT2D eigenvalue weighted by molar-refractivity contribution is 5.84. The first-order valence-corrected chi connectivity index (χ1v) is 6.15. The third-order valence-electron chi connectivity index (χ3n) is 2.75. The van der Waals surface area contributed by atoms with Crippen LogP contribution in [-0.2, 0) is 11.3 Å². The lowest BCUT2D eigenvalue weighted by Gasteiger charge is -2.08. The number of ether oxygens (including phenoxy) is 1. The number of nitrogens with one attached hydrogen (secondary N) is 1. The summed E-state index contributed by atoms with van der Waals surface area (Å²) in [5, 5.41) is 5.42. The Hall–Kier alpha value is -1.59. The summed E-state index contributed by atoms with van der Waals surface area (Å²) in [6.07, 6.45) is 1.19. The molecule has 2 aromatic rings. The lowest BCUT2D eigenvalue weighted by molar-refractivity contribution is 0.0187. The van der Waals surface area contributed by atoms with Gasteiger partial charge in [-0.15, -0.1) is 0 Å². The van der Waals surface area contributed by atoms with Gasteiger partial charge in [0.1, 0.15) is 6.61 Å². The Morgan fingerprint density at radius 3 is 3.00 bits per heavy atom. The van der Waals surface area contributed by atoms with Crippen LogP contribution in [0.3, 0.4) is 0 Å². The lowest BCUT2D eigenvalue weighted by Crippen LogP contribution is -2.20. The van der Waals surface area contributed by atoms with Gasteiger partial charge in [-0.3, -0.25) is 4.98 Å². The molecule has 19 heavy (non-hydrogen) atoms. The van der Waals surface area contributed by atoms with Gasteiger partial charge >= 0.3 is 0 Å². The first-order chi connectivity index (χ1) is 9.27. The minimum Gasteiger partial charge on any atom is -0.374 e. The number of pyridine rings is 1. The summed E-state index contributed by atoms with van der Waals surface area (Å²) in [5.74, 6) is 0. The van der Waals surface area contributed by atoms with Gasteiger partial charge in [-0.25, -0.2) is 8.78 Å². The molecular weight excluding hydrogens is 250 g/mol. The summed E-state index contributed by atoms with van der Waals surface area (Å²) in [6.45, 7) is 1.02. The van der Waals surface area contributed by atoms with Gasteiger partial charge in [0.15, 0.2) is 0 Å². The molecule has 1 aromatic heterocycles. The maximum absolute atomic E-state index is 11.8. The van der Waals surface area contributed by atoms with Crippen LogP contribution in [0.25, 0.3) is 10.8 Å². The second-order valence-corrected chi connectivity index (χ2v) is 4.16. The third kappa shape index (κ3) is 4.22. The number of benzene rings is 1. The predicted molar refractivity (Wildman–Crippen MR) is 70.3 cm³/mol. The van der Waals surface area contributed by atoms with Gasteiger partial charge in [0, 0.05) is 30.9 Å². The van der Waals surface area contributed by atoms with Gasteiger partial charge in [0.25, 0.3) is 6.43 Å². The molecule has 1 heterocycles. The van der Waals surface area contributed by atoms with Crippen molar-refractivity contribution in [3.05, 3.63) is 42.2 Å². The smallest absolute Gasteiger partial charge is 0.261 e. The molecule has 3 nitrogen and oxygen atoms in total. The van der Waals surface area contributed by atoms with E-state index in [0.717, 1.165) is 16.3 Å². The Morgan fingerprint density at radius 2 is 2.16 bits per heavy atom. The van der Waals surface area contributed by atoms with Crippen LogP contribution in [-0.4, -0.2) is 31.2 Å². The van der Waals surface area contributed by atoms with E-state index in [2.05, 4.69) is 10.3 Å². The van der Waals surface area contributed by atoms with Crippen molar-refractivity contribution < 1.29 is 13.5 Å². The molecule has 5 heteroatoms. The Balaban J connectivity index is 1.82. The maximum atomic E-state index is 11.8. The molecule has 0 bridgehead atoms. The molecule has 0 aliphatic rings. The number of hydrogen-bond acceptors (Lipinski definition) is 3. The van der Waals surface area contributed by atoms with Crippen LogP contribution in [0.5, 0.6) is 0 Å². The topological polar surface area (TPSA) is 34.1 Å². The zero-order valence-electron chi connectivity index (χ0n) is 10.5. The van der Waals surface area contributed by atoms with Crippen LogP contribution in [0.2, 0.25) is 0 Å². The average Bonchev–Trinajstić information content (AvgIpc) is 2.42. The molecule has 102 valence electrons. The number of fused-ring (bicyclic) bond motifs is 1. The SMILES string of the molecule is FC(F)COCCNCc1cccc2cnccc12. The van der Waals surface area contributed by atoms with Crippen molar-refractivity contribution >= 4 is 10.8 Å². The minimum atomic E-state index is -2.40. The number of halogens is 2. The third-order valence-corrected chi connectivity index (χ3v) is 2.75. The Labute approximate surface area is 110 Å². The van der Waals surface area contributed by atoms with E-state index in [0.29, 0.717) is 13.1 Å². The molecule has 0 fully saturated rings. The van der Waals surface area contributed by atoms with Crippen LogP contribution in [0.15, 0.2) is 36.7 Å². The average molecular weight is 266 g/mol. The van der Waals surface area contributed by atoms with Crippen LogP contribution < -0.4 is 5.32 Å². The molecule has 0 saturated carbocycles. The molecule has 0 saturated heterocycles. The number of nitrogens with zero attached hydrogens (tertiary/aromatic N) is 1. The zero-order chi connectivity index (χ0) is 13.5. The summed E-state index contributed by atoms with van der Waals surface area (Å²) in [5.41, 5.74) is 1.16. The number of hydrogen-bond donors (Lipinski definition) is 1. The van der Waals surface area contributed by atoms with Gasteiger partial charge in [0.2, 0.25) is 0 Å². The Kier molecular flexibility index (Phi) is 5.18. The monoisotopic (exact) mass is 266 g/mol. The molecule has 2 rings (SSSR count). The number of aromatic nitrogens is 1. The first kappa shape index (κ1) is 13.8. The van der Waals surface area contributed by atoms with Gasteiger partial charge in [-0.2, -0.15) is 0 Å². The largest absolute Gasteiger partial charge is 0.374 e. The fraction of sp³-hybridized carbons (Fsp3) is 0.357. The van der Waals surface area contributed by atoms with Crippen LogP contribution in [0, 0.1) is 0 Å². The van der Waals surface area contributed by atoms with Gasteiger partial charge < -0.3 is 10.1 Å². The highest BCUT2D eigenvalue weighted by atomic mass is 19.3. The van der Waals surface area contributed by atoms with Crippen LogP contribution >= 0.6 is 0 Å². The van der Waals surface area contributed by atoms with Gasteiger partial charge in [0.05, 0.1) is 6.61 Å². The van der Waals surface area contributed by atoms with Crippen molar-refractivity contribution in [2.24, 2.45) is 0 Å². The van der Waals surface area contributed by atoms with Crippen molar-refractivity contribution in [2.75, 3.05) is 19.8 Å². The molecule has 1 N–H and O–H groups in total. The first-order valence-electron chi connectivity index (χ1n) is 6.15. The minimum absolute atomic E-state index is 0.288. The van der Waals surface area contributed by atoms with Crippen molar-refractivity contribution in [1.29, 1.82) is 0 Å². The molecule has 0 spiro atoms. The number of alkyl halides is 2. The highest BCUT2D eigenvalue weighted by Gasteiger charge is 2.02. The maximum Gasteiger partial charge on any atom is 0.261 e. The molecule has 0 aliphatic carbocycles. The van der Waals surface area contributed by atoms with Crippen molar-refractivity contribution in [1.82, 2.24) is 10.3 Å². The summed E-state index contributed by atoms with van der Waals surface area (Å²) >= 11 is 0. The molecule has 0 unspecified atom stereocenters. The fourth-order valence-electron chi connectivity index (χ4n) is 1.88. The summed E-state index contributed by atoms with van der Waals surface area (Å²) in [6, 6.07) is 8.00. The zero-order valence-corrected chi connectivity index (χ0v) is 10.5. The Bertz CT molecular complexity index is 514. The molecular formula is C14H16F2N2O. The van der Waals surface area contributed by atoms with E-state index in [9.17, 15) is 8.78 Å². The predicted octanol–water partition coefficient (Wildman–Crippen LogP) is 2.61. The van der Waals surface area contributed by atoms with E-state index in [-0.39, 0.29) is 6.61 Å². The normalized spacial score (nSPS) is 11.3. The molecule has 0 radical (unpaired) electrons. The Morgan fingerprint density at radius 1 is 1.26 bits per heavy atom. The lowest BCUT2D eigenvalue weighted by atomic mass is 10.1.